The van der Waals surface area contributed by atoms with Crippen molar-refractivity contribution in [3.8, 4) is 0 Å². The molecular formula is C12H13BrN2O. The van der Waals surface area contributed by atoms with Crippen molar-refractivity contribution in [3.05, 3.63) is 34.3 Å². The molecule has 1 aromatic rings. The quantitative estimate of drug-likeness (QED) is 0.820. The van der Waals surface area contributed by atoms with Crippen LogP contribution in [0.2, 0.25) is 0 Å². The largest absolute Gasteiger partial charge is 0.272 e. The van der Waals surface area contributed by atoms with Gasteiger partial charge in [-0.1, -0.05) is 28.1 Å². The molecule has 1 amide bonds. The van der Waals surface area contributed by atoms with E-state index in [0.29, 0.717) is 6.54 Å². The Hall–Kier alpha value is -1.16. The fourth-order valence-corrected chi connectivity index (χ4v) is 2.10. The van der Waals surface area contributed by atoms with E-state index in [2.05, 4.69) is 21.0 Å². The van der Waals surface area contributed by atoms with E-state index in [1.165, 1.54) is 0 Å². The number of halogens is 1. The molecule has 0 saturated carbocycles. The molecule has 0 bridgehead atoms. The molecule has 0 fully saturated rings. The van der Waals surface area contributed by atoms with Crippen LogP contribution in [0.1, 0.15) is 19.4 Å². The lowest BCUT2D eigenvalue weighted by atomic mass is 10.1. The highest BCUT2D eigenvalue weighted by Gasteiger charge is 2.29. The summed E-state index contributed by atoms with van der Waals surface area (Å²) in [5.41, 5.74) is 1.97. The van der Waals surface area contributed by atoms with Gasteiger partial charge in [0.1, 0.15) is 0 Å². The van der Waals surface area contributed by atoms with Gasteiger partial charge in [0.25, 0.3) is 5.91 Å². The number of carbonyl (C=O) groups is 1. The second-order valence-corrected chi connectivity index (χ2v) is 4.90. The van der Waals surface area contributed by atoms with Crippen molar-refractivity contribution in [3.63, 3.8) is 0 Å². The van der Waals surface area contributed by atoms with E-state index in [0.717, 1.165) is 15.7 Å². The Bertz CT molecular complexity index is 456. The zero-order chi connectivity index (χ0) is 11.7. The summed E-state index contributed by atoms with van der Waals surface area (Å²) in [5, 5.41) is 5.80. The van der Waals surface area contributed by atoms with Gasteiger partial charge in [-0.3, -0.25) is 4.79 Å². The van der Waals surface area contributed by atoms with Crippen LogP contribution < -0.4 is 0 Å². The summed E-state index contributed by atoms with van der Waals surface area (Å²) in [4.78, 5) is 11.8. The highest BCUT2D eigenvalue weighted by atomic mass is 79.9. The summed E-state index contributed by atoms with van der Waals surface area (Å²) in [6.07, 6.45) is 0. The van der Waals surface area contributed by atoms with E-state index < -0.39 is 0 Å². The van der Waals surface area contributed by atoms with Crippen LogP contribution in [0.3, 0.4) is 0 Å². The van der Waals surface area contributed by atoms with Crippen molar-refractivity contribution >= 4 is 27.5 Å². The van der Waals surface area contributed by atoms with E-state index in [9.17, 15) is 4.79 Å². The molecule has 1 unspecified atom stereocenters. The Kier molecular flexibility index (Phi) is 3.10. The molecule has 1 aliphatic heterocycles. The van der Waals surface area contributed by atoms with Crippen LogP contribution in [0, 0.1) is 5.92 Å². The standard InChI is InChI=1S/C12H13BrN2O/c1-8-9(2)14-15(12(8)16)7-10-4-3-5-11(13)6-10/h3-6,8H,7H2,1-2H3. The first-order valence-corrected chi connectivity index (χ1v) is 5.98. The summed E-state index contributed by atoms with van der Waals surface area (Å²) in [6.45, 7) is 4.32. The molecule has 1 atom stereocenters. The number of rotatable bonds is 2. The third-order valence-electron chi connectivity index (χ3n) is 2.75. The highest BCUT2D eigenvalue weighted by molar-refractivity contribution is 9.10. The van der Waals surface area contributed by atoms with Crippen LogP contribution in [0.25, 0.3) is 0 Å². The normalized spacial score (nSPS) is 20.2. The van der Waals surface area contributed by atoms with Crippen molar-refractivity contribution in [2.45, 2.75) is 20.4 Å². The van der Waals surface area contributed by atoms with Crippen LogP contribution in [-0.4, -0.2) is 16.6 Å². The monoisotopic (exact) mass is 280 g/mol. The number of hydrogen-bond donors (Lipinski definition) is 0. The number of nitrogens with zero attached hydrogens (tertiary/aromatic N) is 2. The van der Waals surface area contributed by atoms with Gasteiger partial charge in [-0.15, -0.1) is 0 Å². The molecule has 0 saturated heterocycles. The van der Waals surface area contributed by atoms with Gasteiger partial charge in [-0.05, 0) is 31.5 Å². The lowest BCUT2D eigenvalue weighted by Gasteiger charge is -2.12. The molecule has 1 aromatic carbocycles. The second-order valence-electron chi connectivity index (χ2n) is 3.99. The van der Waals surface area contributed by atoms with Gasteiger partial charge >= 0.3 is 0 Å². The van der Waals surface area contributed by atoms with Crippen LogP contribution in [-0.2, 0) is 11.3 Å². The van der Waals surface area contributed by atoms with Crippen LogP contribution in [0.15, 0.2) is 33.8 Å². The van der Waals surface area contributed by atoms with E-state index >= 15 is 0 Å². The van der Waals surface area contributed by atoms with Crippen molar-refractivity contribution < 1.29 is 4.79 Å². The van der Waals surface area contributed by atoms with Gasteiger partial charge in [-0.25, -0.2) is 5.01 Å². The molecule has 0 aliphatic carbocycles. The Balaban J connectivity index is 2.15. The van der Waals surface area contributed by atoms with Gasteiger partial charge in [-0.2, -0.15) is 5.10 Å². The second kappa shape index (κ2) is 4.37. The molecule has 3 nitrogen and oxygen atoms in total. The Labute approximate surface area is 103 Å². The fraction of sp³-hybridized carbons (Fsp3) is 0.333. The maximum Gasteiger partial charge on any atom is 0.251 e. The van der Waals surface area contributed by atoms with Crippen LogP contribution in [0.4, 0.5) is 0 Å². The van der Waals surface area contributed by atoms with E-state index in [1.807, 2.05) is 38.1 Å². The van der Waals surface area contributed by atoms with Gasteiger partial charge in [0.15, 0.2) is 0 Å². The summed E-state index contributed by atoms with van der Waals surface area (Å²) in [7, 11) is 0. The summed E-state index contributed by atoms with van der Waals surface area (Å²) in [6, 6.07) is 7.92. The Morgan fingerprint density at radius 1 is 1.50 bits per heavy atom. The average molecular weight is 281 g/mol. The predicted octanol–water partition coefficient (Wildman–Crippen LogP) is 2.80. The molecule has 84 valence electrons. The number of hydrogen-bond acceptors (Lipinski definition) is 2. The first-order valence-electron chi connectivity index (χ1n) is 5.19. The molecule has 2 rings (SSSR count). The minimum atomic E-state index is -0.0767. The Morgan fingerprint density at radius 3 is 2.81 bits per heavy atom. The molecule has 0 aromatic heterocycles. The third kappa shape index (κ3) is 2.16. The van der Waals surface area contributed by atoms with Crippen molar-refractivity contribution in [1.29, 1.82) is 0 Å². The summed E-state index contributed by atoms with van der Waals surface area (Å²) >= 11 is 3.41. The zero-order valence-electron chi connectivity index (χ0n) is 9.27. The average Bonchev–Trinajstić information content (AvgIpc) is 2.47. The number of hydrazone groups is 1. The van der Waals surface area contributed by atoms with E-state index in [4.69, 9.17) is 0 Å². The molecule has 0 radical (unpaired) electrons. The highest BCUT2D eigenvalue weighted by Crippen LogP contribution is 2.19. The number of carbonyl (C=O) groups excluding carboxylic acids is 1. The first-order chi connectivity index (χ1) is 7.58. The molecule has 0 N–H and O–H groups in total. The van der Waals surface area contributed by atoms with Gasteiger partial charge < -0.3 is 0 Å². The Morgan fingerprint density at radius 2 is 2.25 bits per heavy atom. The summed E-state index contributed by atoms with van der Waals surface area (Å²) in [5.74, 6) is 0.00429. The maximum atomic E-state index is 11.8. The van der Waals surface area contributed by atoms with E-state index in [-0.39, 0.29) is 11.8 Å². The van der Waals surface area contributed by atoms with Crippen molar-refractivity contribution in [2.75, 3.05) is 0 Å². The predicted molar refractivity (Wildman–Crippen MR) is 67.0 cm³/mol. The third-order valence-corrected chi connectivity index (χ3v) is 3.24. The van der Waals surface area contributed by atoms with Gasteiger partial charge in [0.05, 0.1) is 12.5 Å². The fourth-order valence-electron chi connectivity index (χ4n) is 1.65. The molecule has 1 aliphatic rings. The van der Waals surface area contributed by atoms with Gasteiger partial charge in [0, 0.05) is 10.2 Å². The van der Waals surface area contributed by atoms with Crippen LogP contribution in [0.5, 0.6) is 0 Å². The molecule has 1 heterocycles. The maximum absolute atomic E-state index is 11.8. The van der Waals surface area contributed by atoms with Crippen LogP contribution >= 0.6 is 15.9 Å². The van der Waals surface area contributed by atoms with Crippen molar-refractivity contribution in [2.24, 2.45) is 11.0 Å². The minimum absolute atomic E-state index is 0.0767. The lowest BCUT2D eigenvalue weighted by Crippen LogP contribution is -2.25. The smallest absolute Gasteiger partial charge is 0.251 e. The first kappa shape index (κ1) is 11.3. The molecular weight excluding hydrogens is 268 g/mol. The van der Waals surface area contributed by atoms with Crippen molar-refractivity contribution in [1.82, 2.24) is 5.01 Å². The molecule has 16 heavy (non-hydrogen) atoms. The molecule has 0 spiro atoms. The topological polar surface area (TPSA) is 32.7 Å². The zero-order valence-corrected chi connectivity index (χ0v) is 10.9. The number of amides is 1. The number of benzene rings is 1. The lowest BCUT2D eigenvalue weighted by molar-refractivity contribution is -0.131. The molecule has 4 heteroatoms. The minimum Gasteiger partial charge on any atom is -0.272 e. The SMILES string of the molecule is CC1=NN(Cc2cccc(Br)c2)C(=O)C1C. The summed E-state index contributed by atoms with van der Waals surface area (Å²) < 4.78 is 1.02. The van der Waals surface area contributed by atoms with E-state index in [1.54, 1.807) is 5.01 Å². The van der Waals surface area contributed by atoms with Gasteiger partial charge in [0.2, 0.25) is 0 Å².